The second kappa shape index (κ2) is 10.3. The summed E-state index contributed by atoms with van der Waals surface area (Å²) in [6.07, 6.45) is 2.05. The number of likely N-dealkylation sites (N-methyl/N-ethyl adjacent to an activating group) is 1. The highest BCUT2D eigenvalue weighted by Crippen LogP contribution is 2.18. The Kier molecular flexibility index (Phi) is 8.38. The van der Waals surface area contributed by atoms with Gasteiger partial charge in [-0.25, -0.2) is 8.42 Å². The molecule has 0 saturated carbocycles. The molecule has 1 aromatic carbocycles. The zero-order valence-electron chi connectivity index (χ0n) is 16.1. The molecule has 0 radical (unpaired) electrons. The Labute approximate surface area is 172 Å². The second-order valence-corrected chi connectivity index (χ2v) is 8.60. The summed E-state index contributed by atoms with van der Waals surface area (Å²) in [6, 6.07) is 7.29. The lowest BCUT2D eigenvalue weighted by Crippen LogP contribution is -2.40. The van der Waals surface area contributed by atoms with Gasteiger partial charge in [0.05, 0.1) is 18.1 Å². The molecule has 0 spiro atoms. The average molecular weight is 431 g/mol. The van der Waals surface area contributed by atoms with Crippen molar-refractivity contribution in [3.05, 3.63) is 41.5 Å². The molecule has 2 heterocycles. The molecule has 1 atom stereocenters. The fraction of sp³-hybridized carbons (Fsp3) is 0.556. The molecule has 8 nitrogen and oxygen atoms in total. The number of hydrogen-bond donors (Lipinski definition) is 1. The standard InChI is InChI=1S/C18H26N4O4S.ClH/c1-14(19-2)13-17-20-18(26-21-17)8-5-15-3-6-16(7-4-15)27(23,24)22-9-11-25-12-10-22;/h3-4,6-7,14,19H,5,8-13H2,1-2H3;1H. The quantitative estimate of drug-likeness (QED) is 0.676. The van der Waals surface area contributed by atoms with Crippen LogP contribution in [0.4, 0.5) is 0 Å². The van der Waals surface area contributed by atoms with Gasteiger partial charge in [0.1, 0.15) is 0 Å². The molecule has 1 fully saturated rings. The molecule has 1 unspecified atom stereocenters. The van der Waals surface area contributed by atoms with Crippen LogP contribution in [0.5, 0.6) is 0 Å². The second-order valence-electron chi connectivity index (χ2n) is 6.66. The fourth-order valence-electron chi connectivity index (χ4n) is 2.87. The van der Waals surface area contributed by atoms with Gasteiger partial charge in [-0.1, -0.05) is 17.3 Å². The van der Waals surface area contributed by atoms with Crippen LogP contribution >= 0.6 is 12.4 Å². The maximum Gasteiger partial charge on any atom is 0.243 e. The number of morpholine rings is 1. The number of halogens is 1. The van der Waals surface area contributed by atoms with Crippen LogP contribution in [-0.2, 0) is 34.0 Å². The van der Waals surface area contributed by atoms with Crippen molar-refractivity contribution in [3.8, 4) is 0 Å². The number of sulfonamides is 1. The summed E-state index contributed by atoms with van der Waals surface area (Å²) in [4.78, 5) is 4.71. The third-order valence-electron chi connectivity index (χ3n) is 4.65. The molecular weight excluding hydrogens is 404 g/mol. The van der Waals surface area contributed by atoms with E-state index < -0.39 is 10.0 Å². The Balaban J connectivity index is 0.00000280. The smallest absolute Gasteiger partial charge is 0.243 e. The maximum absolute atomic E-state index is 12.6. The van der Waals surface area contributed by atoms with Gasteiger partial charge < -0.3 is 14.6 Å². The summed E-state index contributed by atoms with van der Waals surface area (Å²) in [5.74, 6) is 1.29. The van der Waals surface area contributed by atoms with E-state index in [-0.39, 0.29) is 18.4 Å². The first kappa shape index (κ1) is 22.8. The van der Waals surface area contributed by atoms with Crippen molar-refractivity contribution >= 4 is 22.4 Å². The van der Waals surface area contributed by atoms with Gasteiger partial charge in [0, 0.05) is 32.0 Å². The van der Waals surface area contributed by atoms with Crippen LogP contribution in [0.25, 0.3) is 0 Å². The van der Waals surface area contributed by atoms with Crippen molar-refractivity contribution in [2.45, 2.75) is 37.1 Å². The fourth-order valence-corrected chi connectivity index (χ4v) is 4.27. The highest BCUT2D eigenvalue weighted by atomic mass is 35.5. The van der Waals surface area contributed by atoms with Crippen molar-refractivity contribution in [1.29, 1.82) is 0 Å². The van der Waals surface area contributed by atoms with E-state index in [1.807, 2.05) is 19.2 Å². The molecule has 28 heavy (non-hydrogen) atoms. The number of aromatic nitrogens is 2. The van der Waals surface area contributed by atoms with Gasteiger partial charge in [-0.15, -0.1) is 12.4 Å². The number of rotatable bonds is 8. The van der Waals surface area contributed by atoms with Crippen molar-refractivity contribution in [1.82, 2.24) is 19.8 Å². The third-order valence-corrected chi connectivity index (χ3v) is 6.56. The zero-order valence-corrected chi connectivity index (χ0v) is 17.8. The predicted molar refractivity (Wildman–Crippen MR) is 107 cm³/mol. The van der Waals surface area contributed by atoms with Gasteiger partial charge in [0.2, 0.25) is 15.9 Å². The number of nitrogens with zero attached hydrogens (tertiary/aromatic N) is 3. The summed E-state index contributed by atoms with van der Waals surface area (Å²) in [5.41, 5.74) is 1.03. The Morgan fingerprint density at radius 3 is 2.50 bits per heavy atom. The molecule has 156 valence electrons. The van der Waals surface area contributed by atoms with Crippen LogP contribution in [0.3, 0.4) is 0 Å². The number of aryl methyl sites for hydroxylation is 2. The minimum Gasteiger partial charge on any atom is -0.379 e. The predicted octanol–water partition coefficient (Wildman–Crippen LogP) is 1.45. The number of benzene rings is 1. The van der Waals surface area contributed by atoms with E-state index in [0.29, 0.717) is 62.2 Å². The lowest BCUT2D eigenvalue weighted by atomic mass is 10.1. The largest absolute Gasteiger partial charge is 0.379 e. The molecule has 1 aromatic heterocycles. The van der Waals surface area contributed by atoms with Crippen LogP contribution in [0.2, 0.25) is 0 Å². The first-order chi connectivity index (χ1) is 13.0. The Bertz CT molecular complexity index is 836. The van der Waals surface area contributed by atoms with Gasteiger partial charge in [-0.05, 0) is 38.1 Å². The van der Waals surface area contributed by atoms with E-state index in [1.165, 1.54) is 4.31 Å². The lowest BCUT2D eigenvalue weighted by molar-refractivity contribution is 0.0730. The Hall–Kier alpha value is -1.52. The van der Waals surface area contributed by atoms with E-state index in [2.05, 4.69) is 22.4 Å². The van der Waals surface area contributed by atoms with Gasteiger partial charge in [-0.2, -0.15) is 9.29 Å². The summed E-state index contributed by atoms with van der Waals surface area (Å²) >= 11 is 0. The van der Waals surface area contributed by atoms with Gasteiger partial charge >= 0.3 is 0 Å². The number of nitrogens with one attached hydrogen (secondary N) is 1. The molecule has 1 aliphatic heterocycles. The number of ether oxygens (including phenoxy) is 1. The summed E-state index contributed by atoms with van der Waals surface area (Å²) < 4.78 is 37.2. The zero-order chi connectivity index (χ0) is 19.3. The minimum atomic E-state index is -3.45. The van der Waals surface area contributed by atoms with Crippen molar-refractivity contribution in [2.24, 2.45) is 0 Å². The summed E-state index contributed by atoms with van der Waals surface area (Å²) in [6.45, 7) is 3.74. The average Bonchev–Trinajstić information content (AvgIpc) is 3.14. The highest BCUT2D eigenvalue weighted by Gasteiger charge is 2.26. The molecule has 2 aromatic rings. The van der Waals surface area contributed by atoms with Crippen molar-refractivity contribution < 1.29 is 17.7 Å². The highest BCUT2D eigenvalue weighted by molar-refractivity contribution is 7.89. The van der Waals surface area contributed by atoms with Crippen LogP contribution in [0.15, 0.2) is 33.7 Å². The molecule has 0 amide bonds. The van der Waals surface area contributed by atoms with E-state index in [1.54, 1.807) is 12.1 Å². The summed E-state index contributed by atoms with van der Waals surface area (Å²) in [7, 11) is -1.55. The van der Waals surface area contributed by atoms with Gasteiger partial charge in [-0.3, -0.25) is 0 Å². The van der Waals surface area contributed by atoms with Gasteiger partial charge in [0.25, 0.3) is 0 Å². The molecule has 0 aliphatic carbocycles. The lowest BCUT2D eigenvalue weighted by Gasteiger charge is -2.26. The molecule has 10 heteroatoms. The van der Waals surface area contributed by atoms with E-state index in [0.717, 1.165) is 5.56 Å². The first-order valence-electron chi connectivity index (χ1n) is 9.14. The van der Waals surface area contributed by atoms with Crippen LogP contribution < -0.4 is 5.32 Å². The molecule has 3 rings (SSSR count). The van der Waals surface area contributed by atoms with Crippen molar-refractivity contribution in [2.75, 3.05) is 33.4 Å². The number of hydrogen-bond acceptors (Lipinski definition) is 7. The van der Waals surface area contributed by atoms with E-state index in [9.17, 15) is 8.42 Å². The maximum atomic E-state index is 12.6. The topological polar surface area (TPSA) is 97.6 Å². The van der Waals surface area contributed by atoms with Crippen LogP contribution in [-0.4, -0.2) is 62.3 Å². The monoisotopic (exact) mass is 430 g/mol. The Morgan fingerprint density at radius 1 is 1.18 bits per heavy atom. The SMILES string of the molecule is CNC(C)Cc1noc(CCc2ccc(S(=O)(=O)N3CCOCC3)cc2)n1.Cl. The van der Waals surface area contributed by atoms with Crippen LogP contribution in [0, 0.1) is 0 Å². The molecule has 0 bridgehead atoms. The Morgan fingerprint density at radius 2 is 1.86 bits per heavy atom. The third kappa shape index (κ3) is 5.74. The minimum absolute atomic E-state index is 0. The molecule has 1 N–H and O–H groups in total. The van der Waals surface area contributed by atoms with Crippen molar-refractivity contribution in [3.63, 3.8) is 0 Å². The van der Waals surface area contributed by atoms with Crippen LogP contribution in [0.1, 0.15) is 24.2 Å². The van der Waals surface area contributed by atoms with E-state index >= 15 is 0 Å². The molecule has 1 aliphatic rings. The van der Waals surface area contributed by atoms with E-state index in [4.69, 9.17) is 9.26 Å². The summed E-state index contributed by atoms with van der Waals surface area (Å²) in [5, 5.41) is 7.13. The molecular formula is C18H27ClN4O4S. The normalized spacial score (nSPS) is 16.5. The molecule has 1 saturated heterocycles. The first-order valence-corrected chi connectivity index (χ1v) is 10.6. The van der Waals surface area contributed by atoms with Gasteiger partial charge in [0.15, 0.2) is 5.82 Å².